The fourth-order valence-corrected chi connectivity index (χ4v) is 4.73. The van der Waals surface area contributed by atoms with E-state index < -0.39 is 6.61 Å². The maximum atomic E-state index is 13.7. The van der Waals surface area contributed by atoms with E-state index in [1.165, 1.54) is 0 Å². The zero-order valence-corrected chi connectivity index (χ0v) is 19.7. The van der Waals surface area contributed by atoms with Gasteiger partial charge in [0.1, 0.15) is 5.75 Å². The van der Waals surface area contributed by atoms with E-state index in [-0.39, 0.29) is 24.5 Å². The van der Waals surface area contributed by atoms with E-state index in [4.69, 9.17) is 9.47 Å². The van der Waals surface area contributed by atoms with Crippen LogP contribution in [0.2, 0.25) is 0 Å². The van der Waals surface area contributed by atoms with Gasteiger partial charge < -0.3 is 19.1 Å². The van der Waals surface area contributed by atoms with Gasteiger partial charge >= 0.3 is 6.61 Å². The molecular formula is C27H27F2N3O4. The Morgan fingerprint density at radius 2 is 1.89 bits per heavy atom. The molecule has 2 aliphatic heterocycles. The summed E-state index contributed by atoms with van der Waals surface area (Å²) >= 11 is 0. The summed E-state index contributed by atoms with van der Waals surface area (Å²) in [5.41, 5.74) is 2.22. The van der Waals surface area contributed by atoms with Gasteiger partial charge in [-0.05, 0) is 48.7 Å². The van der Waals surface area contributed by atoms with E-state index in [0.29, 0.717) is 30.2 Å². The van der Waals surface area contributed by atoms with Gasteiger partial charge in [-0.2, -0.15) is 8.78 Å². The minimum absolute atomic E-state index is 0.0203. The van der Waals surface area contributed by atoms with Crippen molar-refractivity contribution >= 4 is 5.91 Å². The van der Waals surface area contributed by atoms with E-state index >= 15 is 0 Å². The van der Waals surface area contributed by atoms with Crippen LogP contribution in [0.5, 0.6) is 17.2 Å². The Bertz CT molecular complexity index is 1190. The van der Waals surface area contributed by atoms with Crippen LogP contribution in [0, 0.1) is 0 Å². The highest BCUT2D eigenvalue weighted by molar-refractivity contribution is 5.95. The molecule has 0 N–H and O–H groups in total. The predicted octanol–water partition coefficient (Wildman–Crippen LogP) is 4.72. The second kappa shape index (κ2) is 10.9. The number of nitrogens with zero attached hydrogens (tertiary/aromatic N) is 3. The quantitative estimate of drug-likeness (QED) is 0.451. The number of amides is 1. The summed E-state index contributed by atoms with van der Waals surface area (Å²) in [6.45, 7) is -0.307. The van der Waals surface area contributed by atoms with Crippen molar-refractivity contribution in [1.82, 2.24) is 14.8 Å². The fraction of sp³-hybridized carbons (Fsp3) is 0.333. The lowest BCUT2D eigenvalue weighted by molar-refractivity contribution is -0.0508. The van der Waals surface area contributed by atoms with Crippen molar-refractivity contribution in [3.8, 4) is 17.2 Å². The average Bonchev–Trinajstić information content (AvgIpc) is 3.37. The van der Waals surface area contributed by atoms with Crippen LogP contribution >= 0.6 is 0 Å². The Morgan fingerprint density at radius 3 is 2.67 bits per heavy atom. The molecule has 0 aliphatic carbocycles. The van der Waals surface area contributed by atoms with Crippen LogP contribution in [0.4, 0.5) is 8.78 Å². The highest BCUT2D eigenvalue weighted by Gasteiger charge is 2.30. The number of carbonyl (C=O) groups is 1. The van der Waals surface area contributed by atoms with E-state index in [9.17, 15) is 13.6 Å². The first-order valence-corrected chi connectivity index (χ1v) is 11.9. The minimum atomic E-state index is -2.86. The van der Waals surface area contributed by atoms with Crippen LogP contribution in [-0.2, 0) is 13.1 Å². The smallest absolute Gasteiger partial charge is 0.387 e. The van der Waals surface area contributed by atoms with E-state index in [1.54, 1.807) is 42.7 Å². The van der Waals surface area contributed by atoms with Gasteiger partial charge in [0.25, 0.3) is 5.91 Å². The van der Waals surface area contributed by atoms with E-state index in [1.807, 2.05) is 29.2 Å². The van der Waals surface area contributed by atoms with Crippen molar-refractivity contribution in [3.05, 3.63) is 83.7 Å². The second-order valence-electron chi connectivity index (χ2n) is 8.86. The molecule has 1 aromatic heterocycles. The summed E-state index contributed by atoms with van der Waals surface area (Å²) in [4.78, 5) is 22.0. The Kier molecular flexibility index (Phi) is 7.27. The number of carbonyl (C=O) groups excluding carboxylic acids is 1. The number of para-hydroxylation sites is 1. The first-order valence-electron chi connectivity index (χ1n) is 11.9. The molecular weight excluding hydrogens is 468 g/mol. The van der Waals surface area contributed by atoms with Gasteiger partial charge in [-0.3, -0.25) is 14.7 Å². The molecule has 0 saturated carbocycles. The molecule has 1 saturated heterocycles. The third-order valence-corrected chi connectivity index (χ3v) is 6.54. The van der Waals surface area contributed by atoms with Gasteiger partial charge in [0.05, 0.1) is 0 Å². The number of piperidine rings is 1. The van der Waals surface area contributed by atoms with Gasteiger partial charge in [-0.15, -0.1) is 0 Å². The molecule has 5 rings (SSSR count). The minimum Gasteiger partial charge on any atom is -0.454 e. The van der Waals surface area contributed by atoms with Crippen molar-refractivity contribution in [1.29, 1.82) is 0 Å². The molecule has 188 valence electrons. The van der Waals surface area contributed by atoms with Crippen LogP contribution in [0.3, 0.4) is 0 Å². The number of halogens is 2. The largest absolute Gasteiger partial charge is 0.454 e. The Labute approximate surface area is 208 Å². The summed E-state index contributed by atoms with van der Waals surface area (Å²) in [6.07, 6.45) is 5.00. The number of ether oxygens (including phenoxy) is 3. The zero-order chi connectivity index (χ0) is 24.9. The maximum absolute atomic E-state index is 13.7. The Balaban J connectivity index is 1.29. The average molecular weight is 496 g/mol. The molecule has 0 radical (unpaired) electrons. The van der Waals surface area contributed by atoms with Gasteiger partial charge in [0.15, 0.2) is 11.5 Å². The third kappa shape index (κ3) is 5.57. The molecule has 7 nitrogen and oxygen atoms in total. The number of hydrogen-bond donors (Lipinski definition) is 0. The van der Waals surface area contributed by atoms with E-state index in [0.717, 1.165) is 37.1 Å². The second-order valence-corrected chi connectivity index (χ2v) is 8.86. The Hall–Kier alpha value is -3.72. The van der Waals surface area contributed by atoms with Gasteiger partial charge in [-0.1, -0.05) is 24.3 Å². The topological polar surface area (TPSA) is 64.1 Å². The summed E-state index contributed by atoms with van der Waals surface area (Å²) < 4.78 is 41.1. The number of aromatic nitrogens is 1. The number of rotatable bonds is 8. The molecule has 0 spiro atoms. The first-order chi connectivity index (χ1) is 17.6. The third-order valence-electron chi connectivity index (χ3n) is 6.54. The van der Waals surface area contributed by atoms with Crippen LogP contribution < -0.4 is 14.2 Å². The predicted molar refractivity (Wildman–Crippen MR) is 128 cm³/mol. The van der Waals surface area contributed by atoms with Crippen molar-refractivity contribution in [2.24, 2.45) is 0 Å². The van der Waals surface area contributed by atoms with Crippen LogP contribution in [-0.4, -0.2) is 53.2 Å². The van der Waals surface area contributed by atoms with Crippen LogP contribution in [0.15, 0.2) is 67.0 Å². The standard InChI is InChI=1S/C27H27F2N3O4/c28-27(29)36-23-6-2-1-5-21(23)17-31-12-9-22(10-13-31)32(16-19-4-3-11-30-15-19)26(33)20-7-8-24-25(14-20)35-18-34-24/h1-8,11,14-15,22,27H,9-10,12-13,16-18H2. The monoisotopic (exact) mass is 495 g/mol. The van der Waals surface area contributed by atoms with Crippen LogP contribution in [0.25, 0.3) is 0 Å². The number of alkyl halides is 2. The number of fused-ring (bicyclic) bond motifs is 1. The summed E-state index contributed by atoms with van der Waals surface area (Å²) in [6, 6.07) is 16.0. The number of hydrogen-bond acceptors (Lipinski definition) is 6. The number of benzene rings is 2. The number of likely N-dealkylation sites (tertiary alicyclic amines) is 1. The molecule has 9 heteroatoms. The molecule has 2 aromatic carbocycles. The van der Waals surface area contributed by atoms with Crippen molar-refractivity contribution in [3.63, 3.8) is 0 Å². The normalized spacial score (nSPS) is 15.8. The summed E-state index contributed by atoms with van der Waals surface area (Å²) in [5.74, 6) is 1.33. The molecule has 2 aliphatic rings. The molecule has 36 heavy (non-hydrogen) atoms. The lowest BCUT2D eigenvalue weighted by Crippen LogP contribution is -2.47. The van der Waals surface area contributed by atoms with Gasteiger partial charge in [0.2, 0.25) is 6.79 Å². The van der Waals surface area contributed by atoms with E-state index in [2.05, 4.69) is 14.6 Å². The lowest BCUT2D eigenvalue weighted by Gasteiger charge is -2.39. The van der Waals surface area contributed by atoms with Crippen molar-refractivity contribution < 1.29 is 27.8 Å². The molecule has 0 atom stereocenters. The lowest BCUT2D eigenvalue weighted by atomic mass is 10.00. The van der Waals surface area contributed by atoms with Crippen LogP contribution in [0.1, 0.15) is 34.3 Å². The molecule has 3 aromatic rings. The highest BCUT2D eigenvalue weighted by Crippen LogP contribution is 2.33. The summed E-state index contributed by atoms with van der Waals surface area (Å²) in [5, 5.41) is 0. The molecule has 3 heterocycles. The Morgan fingerprint density at radius 1 is 1.08 bits per heavy atom. The fourth-order valence-electron chi connectivity index (χ4n) is 4.73. The molecule has 0 unspecified atom stereocenters. The first kappa shape index (κ1) is 24.0. The molecule has 1 amide bonds. The SMILES string of the molecule is O=C(c1ccc2c(c1)OCO2)N(Cc1cccnc1)C1CCN(Cc2ccccc2OC(F)F)CC1. The summed E-state index contributed by atoms with van der Waals surface area (Å²) in [7, 11) is 0. The molecule has 1 fully saturated rings. The van der Waals surface area contributed by atoms with Crippen molar-refractivity contribution in [2.45, 2.75) is 38.6 Å². The molecule has 0 bridgehead atoms. The van der Waals surface area contributed by atoms with Gasteiger partial charge in [0, 0.05) is 55.7 Å². The number of pyridine rings is 1. The highest BCUT2D eigenvalue weighted by atomic mass is 19.3. The zero-order valence-electron chi connectivity index (χ0n) is 19.7. The van der Waals surface area contributed by atoms with Crippen molar-refractivity contribution in [2.75, 3.05) is 19.9 Å². The van der Waals surface area contributed by atoms with Gasteiger partial charge in [-0.25, -0.2) is 0 Å². The maximum Gasteiger partial charge on any atom is 0.387 e.